The van der Waals surface area contributed by atoms with Crippen LogP contribution in [-0.2, 0) is 16.6 Å². The zero-order chi connectivity index (χ0) is 13.9. The average Bonchev–Trinajstić information content (AvgIpc) is 2.91. The van der Waals surface area contributed by atoms with Crippen molar-refractivity contribution >= 4 is 27.2 Å². The van der Waals surface area contributed by atoms with Gasteiger partial charge in [-0.3, -0.25) is 0 Å². The van der Waals surface area contributed by atoms with Gasteiger partial charge in [0.15, 0.2) is 0 Å². The topological polar surface area (TPSA) is 62.3 Å². The first-order valence-electron chi connectivity index (χ1n) is 5.65. The van der Waals surface area contributed by atoms with Crippen molar-refractivity contribution in [2.45, 2.75) is 10.8 Å². The molecule has 5 nitrogen and oxygen atoms in total. The highest BCUT2D eigenvalue weighted by Gasteiger charge is 2.15. The van der Waals surface area contributed by atoms with Crippen molar-refractivity contribution in [3.63, 3.8) is 0 Å². The number of hydrogen-bond acceptors (Lipinski definition) is 5. The maximum absolute atomic E-state index is 12.0. The highest BCUT2D eigenvalue weighted by atomic mass is 32.2. The first-order chi connectivity index (χ1) is 9.00. The largest absolute Gasteiger partial charge is 0.362 e. The highest BCUT2D eigenvalue weighted by molar-refractivity contribution is 7.91. The van der Waals surface area contributed by atoms with Gasteiger partial charge in [0.1, 0.15) is 10.0 Å². The summed E-state index contributed by atoms with van der Waals surface area (Å²) in [4.78, 5) is 6.09. The first kappa shape index (κ1) is 14.0. The van der Waals surface area contributed by atoms with Crippen molar-refractivity contribution in [3.8, 4) is 0 Å². The van der Waals surface area contributed by atoms with Gasteiger partial charge in [0, 0.05) is 32.4 Å². The minimum atomic E-state index is -3.44. The van der Waals surface area contributed by atoms with Crippen LogP contribution >= 0.6 is 11.3 Å². The van der Waals surface area contributed by atoms with Crippen molar-refractivity contribution in [3.05, 3.63) is 41.4 Å². The Morgan fingerprint density at radius 2 is 2.11 bits per heavy atom. The molecule has 0 unspecified atom stereocenters. The molecule has 0 saturated carbocycles. The van der Waals surface area contributed by atoms with E-state index < -0.39 is 10.0 Å². The molecule has 0 aromatic carbocycles. The number of nitrogens with one attached hydrogen (secondary N) is 1. The van der Waals surface area contributed by atoms with E-state index in [1.54, 1.807) is 29.8 Å². The van der Waals surface area contributed by atoms with Crippen LogP contribution in [0.5, 0.6) is 0 Å². The van der Waals surface area contributed by atoms with Gasteiger partial charge < -0.3 is 4.90 Å². The Balaban J connectivity index is 2.16. The molecule has 0 saturated heterocycles. The van der Waals surface area contributed by atoms with Crippen LogP contribution < -0.4 is 9.62 Å². The van der Waals surface area contributed by atoms with Crippen molar-refractivity contribution in [1.29, 1.82) is 0 Å². The Hall–Kier alpha value is -1.44. The number of hydrogen-bond donors (Lipinski definition) is 1. The fraction of sp³-hybridized carbons (Fsp3) is 0.250. The molecule has 0 amide bonds. The molecule has 0 aliphatic rings. The number of anilines is 1. The summed E-state index contributed by atoms with van der Waals surface area (Å²) < 4.78 is 26.9. The molecule has 0 atom stereocenters. The van der Waals surface area contributed by atoms with Crippen LogP contribution in [0.15, 0.2) is 40.1 Å². The number of rotatable bonds is 5. The first-order valence-corrected chi connectivity index (χ1v) is 8.01. The summed E-state index contributed by atoms with van der Waals surface area (Å²) in [6, 6.07) is 6.96. The summed E-state index contributed by atoms with van der Waals surface area (Å²) in [7, 11) is 0.314. The van der Waals surface area contributed by atoms with E-state index in [2.05, 4.69) is 9.71 Å². The maximum Gasteiger partial charge on any atom is 0.250 e. The maximum atomic E-state index is 12.0. The third-order valence-electron chi connectivity index (χ3n) is 2.50. The molecule has 0 aliphatic carbocycles. The standard InChI is InChI=1S/C12H15N3O2S2/c1-15(2)12-10(5-3-7-13-12)9-14-19(16,17)11-6-4-8-18-11/h3-8,14H,9H2,1-2H3. The number of sulfonamides is 1. The fourth-order valence-corrected chi connectivity index (χ4v) is 3.68. The smallest absolute Gasteiger partial charge is 0.250 e. The van der Waals surface area contributed by atoms with E-state index in [9.17, 15) is 8.42 Å². The Bertz CT molecular complexity index is 637. The minimum absolute atomic E-state index is 0.224. The normalized spacial score (nSPS) is 11.5. The number of aromatic nitrogens is 1. The lowest BCUT2D eigenvalue weighted by molar-refractivity contribution is 0.583. The van der Waals surface area contributed by atoms with Gasteiger partial charge in [-0.2, -0.15) is 0 Å². The van der Waals surface area contributed by atoms with Gasteiger partial charge in [0.2, 0.25) is 10.0 Å². The van der Waals surface area contributed by atoms with E-state index in [1.807, 2.05) is 25.1 Å². The summed E-state index contributed by atoms with van der Waals surface area (Å²) >= 11 is 1.20. The van der Waals surface area contributed by atoms with E-state index in [-0.39, 0.29) is 6.54 Å². The van der Waals surface area contributed by atoms with Crippen LogP contribution in [0.25, 0.3) is 0 Å². The molecule has 19 heavy (non-hydrogen) atoms. The molecule has 2 heterocycles. The Kier molecular flexibility index (Phi) is 4.18. The monoisotopic (exact) mass is 297 g/mol. The predicted molar refractivity (Wildman–Crippen MR) is 76.9 cm³/mol. The quantitative estimate of drug-likeness (QED) is 0.912. The molecular weight excluding hydrogens is 282 g/mol. The second-order valence-corrected chi connectivity index (χ2v) is 7.08. The fourth-order valence-electron chi connectivity index (χ4n) is 1.63. The van der Waals surface area contributed by atoms with E-state index in [4.69, 9.17) is 0 Å². The number of pyridine rings is 1. The van der Waals surface area contributed by atoms with Gasteiger partial charge >= 0.3 is 0 Å². The summed E-state index contributed by atoms with van der Waals surface area (Å²) in [5.41, 5.74) is 0.840. The van der Waals surface area contributed by atoms with E-state index in [0.29, 0.717) is 4.21 Å². The van der Waals surface area contributed by atoms with Crippen molar-refractivity contribution in [2.24, 2.45) is 0 Å². The van der Waals surface area contributed by atoms with E-state index in [1.165, 1.54) is 11.3 Å². The SMILES string of the molecule is CN(C)c1ncccc1CNS(=O)(=O)c1cccs1. The van der Waals surface area contributed by atoms with Gasteiger partial charge in [-0.05, 0) is 17.5 Å². The second-order valence-electron chi connectivity index (χ2n) is 4.14. The number of nitrogens with zero attached hydrogens (tertiary/aromatic N) is 2. The van der Waals surface area contributed by atoms with Crippen molar-refractivity contribution in [2.75, 3.05) is 19.0 Å². The highest BCUT2D eigenvalue weighted by Crippen LogP contribution is 2.18. The Labute approximate surface area is 117 Å². The summed E-state index contributed by atoms with van der Waals surface area (Å²) in [6.07, 6.45) is 1.69. The van der Waals surface area contributed by atoms with Crippen LogP contribution in [-0.4, -0.2) is 27.5 Å². The summed E-state index contributed by atoms with van der Waals surface area (Å²) in [5, 5.41) is 1.74. The van der Waals surface area contributed by atoms with E-state index in [0.717, 1.165) is 11.4 Å². The van der Waals surface area contributed by atoms with Gasteiger partial charge in [-0.25, -0.2) is 18.1 Å². The summed E-state index contributed by atoms with van der Waals surface area (Å²) in [5.74, 6) is 0.761. The molecule has 0 fully saturated rings. The van der Waals surface area contributed by atoms with Crippen LogP contribution in [0, 0.1) is 0 Å². The van der Waals surface area contributed by atoms with E-state index >= 15 is 0 Å². The van der Waals surface area contributed by atoms with Crippen LogP contribution in [0.2, 0.25) is 0 Å². The molecule has 2 aromatic rings. The van der Waals surface area contributed by atoms with Crippen molar-refractivity contribution in [1.82, 2.24) is 9.71 Å². The molecule has 102 valence electrons. The lowest BCUT2D eigenvalue weighted by Crippen LogP contribution is -2.24. The van der Waals surface area contributed by atoms with Crippen molar-refractivity contribution < 1.29 is 8.42 Å². The summed E-state index contributed by atoms with van der Waals surface area (Å²) in [6.45, 7) is 0.224. The second kappa shape index (κ2) is 5.68. The molecule has 1 N–H and O–H groups in total. The zero-order valence-electron chi connectivity index (χ0n) is 10.7. The minimum Gasteiger partial charge on any atom is -0.362 e. The molecule has 0 radical (unpaired) electrons. The zero-order valence-corrected chi connectivity index (χ0v) is 12.3. The third-order valence-corrected chi connectivity index (χ3v) is 5.30. The lowest BCUT2D eigenvalue weighted by atomic mass is 10.2. The lowest BCUT2D eigenvalue weighted by Gasteiger charge is -2.15. The van der Waals surface area contributed by atoms with Gasteiger partial charge in [0.25, 0.3) is 0 Å². The van der Waals surface area contributed by atoms with Crippen LogP contribution in [0.1, 0.15) is 5.56 Å². The Morgan fingerprint density at radius 1 is 1.32 bits per heavy atom. The van der Waals surface area contributed by atoms with Gasteiger partial charge in [-0.15, -0.1) is 11.3 Å². The molecule has 7 heteroatoms. The molecular formula is C12H15N3O2S2. The number of thiophene rings is 1. The molecule has 2 aromatic heterocycles. The van der Waals surface area contributed by atoms with Gasteiger partial charge in [-0.1, -0.05) is 12.1 Å². The molecule has 0 spiro atoms. The molecule has 0 aliphatic heterocycles. The van der Waals surface area contributed by atoms with Crippen LogP contribution in [0.3, 0.4) is 0 Å². The van der Waals surface area contributed by atoms with Gasteiger partial charge in [0.05, 0.1) is 0 Å². The molecule has 0 bridgehead atoms. The third kappa shape index (κ3) is 3.31. The Morgan fingerprint density at radius 3 is 2.74 bits per heavy atom. The average molecular weight is 297 g/mol. The van der Waals surface area contributed by atoms with Crippen LogP contribution in [0.4, 0.5) is 5.82 Å². The predicted octanol–water partition coefficient (Wildman–Crippen LogP) is 1.69. The molecule has 2 rings (SSSR count).